The van der Waals surface area contributed by atoms with Crippen molar-refractivity contribution < 1.29 is 9.18 Å². The molecule has 29 heavy (non-hydrogen) atoms. The van der Waals surface area contributed by atoms with Crippen molar-refractivity contribution in [2.24, 2.45) is 0 Å². The number of carbonyl (C=O) groups excluding carboxylic acids is 1. The van der Waals surface area contributed by atoms with Crippen LogP contribution in [0.2, 0.25) is 0 Å². The van der Waals surface area contributed by atoms with Crippen molar-refractivity contribution in [1.29, 1.82) is 0 Å². The summed E-state index contributed by atoms with van der Waals surface area (Å²) in [6.07, 6.45) is 3.77. The van der Waals surface area contributed by atoms with Crippen LogP contribution in [-0.2, 0) is 11.3 Å². The number of halogens is 1. The third-order valence-electron chi connectivity index (χ3n) is 4.62. The standard InChI is InChI=1S/C22H21FN4OS/c1-2-14-27-20(16-6-4-3-5-7-16)25-26-22(27)29-19(21(28)24-18-12-13-18)15-8-10-17(23)11-9-15/h2-11,18-19H,1,12-14H2,(H,24,28). The Morgan fingerprint density at radius 2 is 1.93 bits per heavy atom. The number of allylic oxidation sites excluding steroid dienone is 1. The molecule has 1 aliphatic carbocycles. The second-order valence-electron chi connectivity index (χ2n) is 6.90. The SMILES string of the molecule is C=CCn1c(SC(C(=O)NC2CC2)c2ccc(F)cc2)nnc1-c1ccccc1. The zero-order chi connectivity index (χ0) is 20.2. The summed E-state index contributed by atoms with van der Waals surface area (Å²) >= 11 is 1.31. The van der Waals surface area contributed by atoms with Crippen LogP contribution in [0.5, 0.6) is 0 Å². The van der Waals surface area contributed by atoms with Crippen molar-refractivity contribution in [2.75, 3.05) is 0 Å². The first-order valence-corrected chi connectivity index (χ1v) is 10.4. The Bertz CT molecular complexity index is 999. The fourth-order valence-electron chi connectivity index (χ4n) is 2.99. The average Bonchev–Trinajstić information content (AvgIpc) is 3.47. The van der Waals surface area contributed by atoms with E-state index in [0.717, 1.165) is 24.0 Å². The van der Waals surface area contributed by atoms with Crippen LogP contribution >= 0.6 is 11.8 Å². The zero-order valence-corrected chi connectivity index (χ0v) is 16.6. The second-order valence-corrected chi connectivity index (χ2v) is 7.98. The van der Waals surface area contributed by atoms with Gasteiger partial charge in [-0.3, -0.25) is 9.36 Å². The van der Waals surface area contributed by atoms with E-state index >= 15 is 0 Å². The van der Waals surface area contributed by atoms with Crippen molar-refractivity contribution in [3.8, 4) is 11.4 Å². The van der Waals surface area contributed by atoms with Gasteiger partial charge in [-0.1, -0.05) is 60.3 Å². The molecule has 1 aromatic heterocycles. The van der Waals surface area contributed by atoms with E-state index in [1.165, 1.54) is 23.9 Å². The quantitative estimate of drug-likeness (QED) is 0.444. The lowest BCUT2D eigenvalue weighted by Gasteiger charge is -2.17. The molecule has 0 saturated heterocycles. The van der Waals surface area contributed by atoms with Gasteiger partial charge in [0, 0.05) is 18.2 Å². The Hall–Kier alpha value is -2.93. The van der Waals surface area contributed by atoms with E-state index in [2.05, 4.69) is 22.1 Å². The zero-order valence-electron chi connectivity index (χ0n) is 15.8. The smallest absolute Gasteiger partial charge is 0.238 e. The normalized spacial score (nSPS) is 14.4. The number of aromatic nitrogens is 3. The minimum atomic E-state index is -0.549. The van der Waals surface area contributed by atoms with Crippen molar-refractivity contribution in [2.45, 2.75) is 35.8 Å². The average molecular weight is 409 g/mol. The maximum absolute atomic E-state index is 13.4. The Balaban J connectivity index is 1.67. The van der Waals surface area contributed by atoms with Crippen molar-refractivity contribution in [3.05, 3.63) is 78.6 Å². The first-order chi connectivity index (χ1) is 14.2. The minimum Gasteiger partial charge on any atom is -0.352 e. The van der Waals surface area contributed by atoms with Crippen molar-refractivity contribution >= 4 is 17.7 Å². The van der Waals surface area contributed by atoms with Crippen LogP contribution in [0.15, 0.2) is 72.4 Å². The number of rotatable bonds is 8. The molecule has 0 spiro atoms. The number of hydrogen-bond donors (Lipinski definition) is 1. The highest BCUT2D eigenvalue weighted by atomic mass is 32.2. The van der Waals surface area contributed by atoms with Gasteiger partial charge in [-0.05, 0) is 30.5 Å². The lowest BCUT2D eigenvalue weighted by Crippen LogP contribution is -2.30. The third kappa shape index (κ3) is 4.56. The third-order valence-corrected chi connectivity index (χ3v) is 5.85. The molecule has 1 aliphatic rings. The fraction of sp³-hybridized carbons (Fsp3) is 0.227. The fourth-order valence-corrected chi connectivity index (χ4v) is 4.05. The molecule has 7 heteroatoms. The molecule has 1 unspecified atom stereocenters. The summed E-state index contributed by atoms with van der Waals surface area (Å²) < 4.78 is 15.3. The number of amides is 1. The molecule has 1 amide bonds. The van der Waals surface area contributed by atoms with Gasteiger partial charge in [0.05, 0.1) is 0 Å². The van der Waals surface area contributed by atoms with E-state index in [1.54, 1.807) is 18.2 Å². The van der Waals surface area contributed by atoms with Crippen LogP contribution in [0, 0.1) is 5.82 Å². The van der Waals surface area contributed by atoms with E-state index in [0.29, 0.717) is 17.5 Å². The van der Waals surface area contributed by atoms with E-state index in [4.69, 9.17) is 0 Å². The van der Waals surface area contributed by atoms with Gasteiger partial charge < -0.3 is 5.32 Å². The molecular weight excluding hydrogens is 387 g/mol. The second kappa shape index (κ2) is 8.61. The predicted molar refractivity (Wildman–Crippen MR) is 112 cm³/mol. The van der Waals surface area contributed by atoms with Gasteiger partial charge in [0.15, 0.2) is 11.0 Å². The van der Waals surface area contributed by atoms with Gasteiger partial charge in [-0.2, -0.15) is 0 Å². The van der Waals surface area contributed by atoms with Gasteiger partial charge >= 0.3 is 0 Å². The summed E-state index contributed by atoms with van der Waals surface area (Å²) in [7, 11) is 0. The molecule has 0 radical (unpaired) electrons. The first kappa shape index (κ1) is 19.4. The molecule has 1 saturated carbocycles. The number of hydrogen-bond acceptors (Lipinski definition) is 4. The number of thioether (sulfide) groups is 1. The number of carbonyl (C=O) groups is 1. The lowest BCUT2D eigenvalue weighted by molar-refractivity contribution is -0.120. The maximum Gasteiger partial charge on any atom is 0.238 e. The van der Waals surface area contributed by atoms with Crippen LogP contribution in [0.4, 0.5) is 4.39 Å². The Labute approximate surface area is 173 Å². The molecule has 0 aliphatic heterocycles. The summed E-state index contributed by atoms with van der Waals surface area (Å²) in [5.74, 6) is 0.285. The van der Waals surface area contributed by atoms with Crippen LogP contribution < -0.4 is 5.32 Å². The Morgan fingerprint density at radius 1 is 1.21 bits per heavy atom. The molecule has 1 N–H and O–H groups in total. The van der Waals surface area contributed by atoms with Crippen molar-refractivity contribution in [3.63, 3.8) is 0 Å². The maximum atomic E-state index is 13.4. The molecule has 0 bridgehead atoms. The molecule has 4 rings (SSSR count). The van der Waals surface area contributed by atoms with E-state index < -0.39 is 5.25 Å². The van der Waals surface area contributed by atoms with Gasteiger partial charge in [0.2, 0.25) is 5.91 Å². The summed E-state index contributed by atoms with van der Waals surface area (Å²) in [6.45, 7) is 4.35. The van der Waals surface area contributed by atoms with Gasteiger partial charge in [0.25, 0.3) is 0 Å². The number of nitrogens with one attached hydrogen (secondary N) is 1. The topological polar surface area (TPSA) is 59.8 Å². The van der Waals surface area contributed by atoms with E-state index in [1.807, 2.05) is 34.9 Å². The molecule has 1 atom stereocenters. The Morgan fingerprint density at radius 3 is 2.59 bits per heavy atom. The number of nitrogens with zero attached hydrogens (tertiary/aromatic N) is 3. The summed E-state index contributed by atoms with van der Waals surface area (Å²) in [5.41, 5.74) is 1.67. The summed E-state index contributed by atoms with van der Waals surface area (Å²) in [4.78, 5) is 12.9. The van der Waals surface area contributed by atoms with E-state index in [9.17, 15) is 9.18 Å². The van der Waals surface area contributed by atoms with Gasteiger partial charge in [-0.15, -0.1) is 16.8 Å². The molecular formula is C22H21FN4OS. The van der Waals surface area contributed by atoms with Crippen LogP contribution in [0.3, 0.4) is 0 Å². The van der Waals surface area contributed by atoms with Gasteiger partial charge in [-0.25, -0.2) is 4.39 Å². The highest BCUT2D eigenvalue weighted by Crippen LogP contribution is 2.37. The largest absolute Gasteiger partial charge is 0.352 e. The molecule has 3 aromatic rings. The predicted octanol–water partition coefficient (Wildman–Crippen LogP) is 4.38. The van der Waals surface area contributed by atoms with Gasteiger partial charge in [0.1, 0.15) is 11.1 Å². The highest BCUT2D eigenvalue weighted by Gasteiger charge is 2.30. The lowest BCUT2D eigenvalue weighted by atomic mass is 10.1. The molecule has 1 heterocycles. The van der Waals surface area contributed by atoms with Crippen LogP contribution in [0.1, 0.15) is 23.7 Å². The molecule has 1 fully saturated rings. The number of benzene rings is 2. The minimum absolute atomic E-state index is 0.0986. The first-order valence-electron chi connectivity index (χ1n) is 9.47. The molecule has 5 nitrogen and oxygen atoms in total. The summed E-state index contributed by atoms with van der Waals surface area (Å²) in [5, 5.41) is 11.8. The Kier molecular flexibility index (Phi) is 5.76. The highest BCUT2D eigenvalue weighted by molar-refractivity contribution is 8.00. The van der Waals surface area contributed by atoms with E-state index in [-0.39, 0.29) is 17.8 Å². The van der Waals surface area contributed by atoms with Crippen molar-refractivity contribution in [1.82, 2.24) is 20.1 Å². The molecule has 2 aromatic carbocycles. The monoisotopic (exact) mass is 408 g/mol. The summed E-state index contributed by atoms with van der Waals surface area (Å²) in [6, 6.07) is 16.0. The molecule has 148 valence electrons. The van der Waals surface area contributed by atoms with Crippen LogP contribution in [-0.4, -0.2) is 26.7 Å². The van der Waals surface area contributed by atoms with Crippen LogP contribution in [0.25, 0.3) is 11.4 Å².